The van der Waals surface area contributed by atoms with Gasteiger partial charge < -0.3 is 4.90 Å². The summed E-state index contributed by atoms with van der Waals surface area (Å²) in [7, 11) is 0. The summed E-state index contributed by atoms with van der Waals surface area (Å²) in [5.74, 6) is 2.65. The van der Waals surface area contributed by atoms with Crippen molar-refractivity contribution in [1.82, 2.24) is 4.90 Å². The summed E-state index contributed by atoms with van der Waals surface area (Å²) in [4.78, 5) is 15.1. The zero-order valence-electron chi connectivity index (χ0n) is 14.4. The maximum atomic E-state index is 12.6. The van der Waals surface area contributed by atoms with Crippen LogP contribution in [0.4, 0.5) is 0 Å². The highest BCUT2D eigenvalue weighted by atomic mass is 35.5. The number of nitrogens with zero attached hydrogens (tertiary/aromatic N) is 1. The number of benzene rings is 2. The Hall–Kier alpha value is -1.29. The highest BCUT2D eigenvalue weighted by Crippen LogP contribution is 2.23. The number of rotatable bonds is 7. The molecule has 1 heterocycles. The minimum atomic E-state index is 0.161. The Labute approximate surface area is 159 Å². The molecule has 132 valence electrons. The van der Waals surface area contributed by atoms with Crippen molar-refractivity contribution in [3.8, 4) is 0 Å². The van der Waals surface area contributed by atoms with Gasteiger partial charge in [-0.2, -0.15) is 11.8 Å². The van der Waals surface area contributed by atoms with E-state index < -0.39 is 0 Å². The monoisotopic (exact) mass is 373 g/mol. The van der Waals surface area contributed by atoms with Crippen LogP contribution in [0.1, 0.15) is 28.8 Å². The summed E-state index contributed by atoms with van der Waals surface area (Å²) < 4.78 is 0. The van der Waals surface area contributed by atoms with Crippen molar-refractivity contribution in [3.05, 3.63) is 70.7 Å². The second kappa shape index (κ2) is 9.42. The maximum Gasteiger partial charge on any atom is 0.166 e. The largest absolute Gasteiger partial charge is 0.302 e. The topological polar surface area (TPSA) is 20.3 Å². The van der Waals surface area contributed by atoms with Gasteiger partial charge in [0.05, 0.1) is 0 Å². The van der Waals surface area contributed by atoms with Gasteiger partial charge in [0.1, 0.15) is 0 Å². The second-order valence-electron chi connectivity index (χ2n) is 6.53. The summed E-state index contributed by atoms with van der Waals surface area (Å²) in [6, 6.07) is 17.9. The fourth-order valence-corrected chi connectivity index (χ4v) is 4.31. The van der Waals surface area contributed by atoms with Gasteiger partial charge in [-0.15, -0.1) is 0 Å². The van der Waals surface area contributed by atoms with E-state index in [4.69, 9.17) is 11.6 Å². The molecule has 1 aliphatic rings. The van der Waals surface area contributed by atoms with Crippen LogP contribution in [0.3, 0.4) is 0 Å². The molecule has 0 atom stereocenters. The average Bonchev–Trinajstić information content (AvgIpc) is 2.67. The van der Waals surface area contributed by atoms with Gasteiger partial charge in [-0.1, -0.05) is 41.9 Å². The van der Waals surface area contributed by atoms with Gasteiger partial charge in [-0.3, -0.25) is 4.79 Å². The van der Waals surface area contributed by atoms with Crippen LogP contribution in [0.15, 0.2) is 54.6 Å². The number of piperidine rings is 1. The van der Waals surface area contributed by atoms with E-state index in [0.717, 1.165) is 49.5 Å². The van der Waals surface area contributed by atoms with Crippen molar-refractivity contribution in [1.29, 1.82) is 0 Å². The third-order valence-corrected chi connectivity index (χ3v) is 6.01. The fraction of sp³-hybridized carbons (Fsp3) is 0.381. The number of ketones is 1. The van der Waals surface area contributed by atoms with Crippen molar-refractivity contribution in [2.45, 2.75) is 18.6 Å². The van der Waals surface area contributed by atoms with Crippen LogP contribution in [-0.4, -0.2) is 36.1 Å². The predicted molar refractivity (Wildman–Crippen MR) is 108 cm³/mol. The Bertz CT molecular complexity index is 666. The lowest BCUT2D eigenvalue weighted by Crippen LogP contribution is -2.37. The van der Waals surface area contributed by atoms with Crippen LogP contribution >= 0.6 is 23.4 Å². The third kappa shape index (κ3) is 5.60. The number of Topliss-reactive ketones (excluding diaryl/α,β-unsaturated/α-hetero) is 1. The first kappa shape index (κ1) is 18.5. The zero-order chi connectivity index (χ0) is 17.5. The fourth-order valence-electron chi connectivity index (χ4n) is 3.23. The van der Waals surface area contributed by atoms with Crippen molar-refractivity contribution < 1.29 is 4.79 Å². The molecule has 0 bridgehead atoms. The van der Waals surface area contributed by atoms with Crippen LogP contribution in [0.2, 0.25) is 5.02 Å². The van der Waals surface area contributed by atoms with Crippen LogP contribution in [0, 0.1) is 5.92 Å². The maximum absolute atomic E-state index is 12.6. The number of carbonyl (C=O) groups excluding carboxylic acids is 1. The molecular formula is C21H24ClNOS. The summed E-state index contributed by atoms with van der Waals surface area (Å²) in [5, 5.41) is 0.680. The van der Waals surface area contributed by atoms with Crippen LogP contribution in [0.25, 0.3) is 0 Å². The van der Waals surface area contributed by atoms with Gasteiger partial charge in [0, 0.05) is 34.6 Å². The SMILES string of the molecule is O=C(c1ccc(Cl)cc1)C1CCN(CCSCc2ccccc2)CC1. The average molecular weight is 374 g/mol. The molecule has 0 N–H and O–H groups in total. The van der Waals surface area contributed by atoms with Gasteiger partial charge in [0.25, 0.3) is 0 Å². The number of carbonyl (C=O) groups is 1. The van der Waals surface area contributed by atoms with Gasteiger partial charge in [-0.25, -0.2) is 0 Å². The molecule has 1 aliphatic heterocycles. The van der Waals surface area contributed by atoms with E-state index >= 15 is 0 Å². The summed E-state index contributed by atoms with van der Waals surface area (Å²) in [5.41, 5.74) is 2.18. The Morgan fingerprint density at radius 1 is 1.04 bits per heavy atom. The smallest absolute Gasteiger partial charge is 0.166 e. The number of halogens is 1. The summed E-state index contributed by atoms with van der Waals surface area (Å²) in [6.07, 6.45) is 1.93. The molecule has 0 spiro atoms. The molecule has 1 saturated heterocycles. The number of thioether (sulfide) groups is 1. The van der Waals surface area contributed by atoms with Crippen LogP contribution < -0.4 is 0 Å². The lowest BCUT2D eigenvalue weighted by atomic mass is 9.89. The highest BCUT2D eigenvalue weighted by Gasteiger charge is 2.25. The molecule has 0 aromatic heterocycles. The molecule has 2 aromatic carbocycles. The van der Waals surface area contributed by atoms with Crippen LogP contribution in [-0.2, 0) is 5.75 Å². The molecular weight excluding hydrogens is 350 g/mol. The Morgan fingerprint density at radius 3 is 2.40 bits per heavy atom. The molecule has 3 rings (SSSR count). The van der Waals surface area contributed by atoms with Gasteiger partial charge in [-0.05, 0) is 55.8 Å². The molecule has 0 amide bonds. The summed E-state index contributed by atoms with van der Waals surface area (Å²) in [6.45, 7) is 3.16. The lowest BCUT2D eigenvalue weighted by molar-refractivity contribution is 0.0845. The van der Waals surface area contributed by atoms with Gasteiger partial charge in [0.15, 0.2) is 5.78 Å². The zero-order valence-corrected chi connectivity index (χ0v) is 15.9. The predicted octanol–water partition coefficient (Wildman–Crippen LogP) is 5.17. The van der Waals surface area contributed by atoms with Gasteiger partial charge >= 0.3 is 0 Å². The van der Waals surface area contributed by atoms with E-state index in [1.807, 2.05) is 23.9 Å². The number of likely N-dealkylation sites (tertiary alicyclic amines) is 1. The summed E-state index contributed by atoms with van der Waals surface area (Å²) >= 11 is 7.89. The van der Waals surface area contributed by atoms with E-state index in [9.17, 15) is 4.79 Å². The first-order chi connectivity index (χ1) is 12.2. The normalized spacial score (nSPS) is 16.0. The number of hydrogen-bond donors (Lipinski definition) is 0. The third-order valence-electron chi connectivity index (χ3n) is 4.75. The second-order valence-corrected chi connectivity index (χ2v) is 8.07. The molecule has 1 fully saturated rings. The minimum absolute atomic E-state index is 0.161. The molecule has 0 radical (unpaired) electrons. The molecule has 0 aliphatic carbocycles. The highest BCUT2D eigenvalue weighted by molar-refractivity contribution is 7.98. The van der Waals surface area contributed by atoms with Crippen molar-refractivity contribution in [2.75, 3.05) is 25.4 Å². The van der Waals surface area contributed by atoms with Crippen molar-refractivity contribution in [2.24, 2.45) is 5.92 Å². The van der Waals surface area contributed by atoms with Gasteiger partial charge in [0.2, 0.25) is 0 Å². The Kier molecular flexibility index (Phi) is 6.97. The minimum Gasteiger partial charge on any atom is -0.302 e. The quantitative estimate of drug-likeness (QED) is 0.493. The van der Waals surface area contributed by atoms with E-state index in [0.29, 0.717) is 5.02 Å². The molecule has 25 heavy (non-hydrogen) atoms. The van der Waals surface area contributed by atoms with Crippen LogP contribution in [0.5, 0.6) is 0 Å². The van der Waals surface area contributed by atoms with E-state index in [1.165, 1.54) is 5.56 Å². The van der Waals surface area contributed by atoms with Crippen molar-refractivity contribution in [3.63, 3.8) is 0 Å². The van der Waals surface area contributed by atoms with E-state index in [1.54, 1.807) is 12.1 Å². The Morgan fingerprint density at radius 2 is 1.72 bits per heavy atom. The lowest BCUT2D eigenvalue weighted by Gasteiger charge is -2.31. The molecule has 2 aromatic rings. The number of hydrogen-bond acceptors (Lipinski definition) is 3. The molecule has 0 unspecified atom stereocenters. The van der Waals surface area contributed by atoms with Crippen molar-refractivity contribution >= 4 is 29.1 Å². The first-order valence-electron chi connectivity index (χ1n) is 8.86. The Balaban J connectivity index is 1.37. The van der Waals surface area contributed by atoms with E-state index in [-0.39, 0.29) is 11.7 Å². The molecule has 4 heteroatoms. The first-order valence-corrected chi connectivity index (χ1v) is 10.4. The van der Waals surface area contributed by atoms with E-state index in [2.05, 4.69) is 35.2 Å². The standard InChI is InChI=1S/C21H24ClNOS/c22-20-8-6-18(7-9-20)21(24)19-10-12-23(13-11-19)14-15-25-16-17-4-2-1-3-5-17/h1-9,19H,10-16H2. The molecule has 2 nitrogen and oxygen atoms in total. The molecule has 0 saturated carbocycles.